The normalized spacial score (nSPS) is 23.7. The molecule has 1 aromatic rings. The minimum absolute atomic E-state index is 0.0864. The van der Waals surface area contributed by atoms with E-state index in [2.05, 4.69) is 5.32 Å². The fraction of sp³-hybridized carbons (Fsp3) is 0.562. The summed E-state index contributed by atoms with van der Waals surface area (Å²) in [7, 11) is 0. The Morgan fingerprint density at radius 2 is 2.00 bits per heavy atom. The SMILES string of the molecule is Cc1ccccc1CC(=O)NC1CCCCCC1Cl. The van der Waals surface area contributed by atoms with Crippen LogP contribution in [-0.2, 0) is 11.2 Å². The zero-order valence-corrected chi connectivity index (χ0v) is 12.2. The van der Waals surface area contributed by atoms with Gasteiger partial charge in [-0.1, -0.05) is 43.5 Å². The highest BCUT2D eigenvalue weighted by molar-refractivity contribution is 6.21. The van der Waals surface area contributed by atoms with Crippen LogP contribution >= 0.6 is 11.6 Å². The predicted octanol–water partition coefficient (Wildman–Crippen LogP) is 3.59. The van der Waals surface area contributed by atoms with Crippen LogP contribution in [0, 0.1) is 6.92 Å². The number of carbonyl (C=O) groups is 1. The standard InChI is InChI=1S/C16H22ClNO/c1-12-7-5-6-8-13(12)11-16(19)18-15-10-4-2-3-9-14(15)17/h5-8,14-15H,2-4,9-11H2,1H3,(H,18,19). The first kappa shape index (κ1) is 14.4. The van der Waals surface area contributed by atoms with Crippen molar-refractivity contribution in [3.05, 3.63) is 35.4 Å². The van der Waals surface area contributed by atoms with Gasteiger partial charge in [0.15, 0.2) is 0 Å². The summed E-state index contributed by atoms with van der Waals surface area (Å²) < 4.78 is 0. The topological polar surface area (TPSA) is 29.1 Å². The van der Waals surface area contributed by atoms with Gasteiger partial charge in [-0.3, -0.25) is 4.79 Å². The molecule has 1 aromatic carbocycles. The third-order valence-electron chi connectivity index (χ3n) is 3.89. The molecule has 19 heavy (non-hydrogen) atoms. The monoisotopic (exact) mass is 279 g/mol. The molecule has 0 bridgehead atoms. The number of rotatable bonds is 3. The van der Waals surface area contributed by atoms with Gasteiger partial charge in [0.25, 0.3) is 0 Å². The number of hydrogen-bond donors (Lipinski definition) is 1. The maximum absolute atomic E-state index is 12.1. The van der Waals surface area contributed by atoms with Crippen molar-refractivity contribution < 1.29 is 4.79 Å². The number of alkyl halides is 1. The smallest absolute Gasteiger partial charge is 0.224 e. The number of nitrogens with one attached hydrogen (secondary N) is 1. The van der Waals surface area contributed by atoms with Gasteiger partial charge in [-0.25, -0.2) is 0 Å². The molecule has 2 atom stereocenters. The van der Waals surface area contributed by atoms with E-state index in [-0.39, 0.29) is 17.3 Å². The lowest BCUT2D eigenvalue weighted by molar-refractivity contribution is -0.121. The van der Waals surface area contributed by atoms with E-state index < -0.39 is 0 Å². The highest BCUT2D eigenvalue weighted by atomic mass is 35.5. The van der Waals surface area contributed by atoms with Gasteiger partial charge in [0.1, 0.15) is 0 Å². The van der Waals surface area contributed by atoms with Crippen LogP contribution in [0.1, 0.15) is 43.2 Å². The Labute approximate surface area is 120 Å². The van der Waals surface area contributed by atoms with Crippen LogP contribution < -0.4 is 5.32 Å². The Hall–Kier alpha value is -1.02. The summed E-state index contributed by atoms with van der Waals surface area (Å²) in [4.78, 5) is 12.1. The first-order valence-corrected chi connectivity index (χ1v) is 7.58. The molecule has 1 aliphatic carbocycles. The summed E-state index contributed by atoms with van der Waals surface area (Å²) >= 11 is 6.35. The van der Waals surface area contributed by atoms with Gasteiger partial charge in [-0.05, 0) is 30.9 Å². The second kappa shape index (κ2) is 6.95. The van der Waals surface area contributed by atoms with Crippen molar-refractivity contribution in [1.82, 2.24) is 5.32 Å². The molecule has 0 heterocycles. The summed E-state index contributed by atoms with van der Waals surface area (Å²) in [6.07, 6.45) is 6.04. The fourth-order valence-electron chi connectivity index (χ4n) is 2.66. The first-order valence-electron chi connectivity index (χ1n) is 7.15. The number of carbonyl (C=O) groups excluding carboxylic acids is 1. The third-order valence-corrected chi connectivity index (χ3v) is 4.41. The molecular formula is C16H22ClNO. The zero-order chi connectivity index (χ0) is 13.7. The molecule has 2 nitrogen and oxygen atoms in total. The maximum Gasteiger partial charge on any atom is 0.224 e. The van der Waals surface area contributed by atoms with Gasteiger partial charge in [0.05, 0.1) is 11.8 Å². The predicted molar refractivity (Wildman–Crippen MR) is 79.5 cm³/mol. The first-order chi connectivity index (χ1) is 9.16. The van der Waals surface area contributed by atoms with Gasteiger partial charge in [0, 0.05) is 6.04 Å². The Bertz CT molecular complexity index is 433. The van der Waals surface area contributed by atoms with E-state index in [4.69, 9.17) is 11.6 Å². The van der Waals surface area contributed by atoms with Gasteiger partial charge < -0.3 is 5.32 Å². The molecule has 1 amide bonds. The summed E-state index contributed by atoms with van der Waals surface area (Å²) in [6.45, 7) is 2.04. The van der Waals surface area contributed by atoms with E-state index in [1.54, 1.807) is 0 Å². The Morgan fingerprint density at radius 3 is 2.79 bits per heavy atom. The number of aryl methyl sites for hydroxylation is 1. The van der Waals surface area contributed by atoms with Crippen LogP contribution in [0.4, 0.5) is 0 Å². The molecular weight excluding hydrogens is 258 g/mol. The fourth-order valence-corrected chi connectivity index (χ4v) is 3.01. The molecule has 104 valence electrons. The molecule has 0 aromatic heterocycles. The summed E-state index contributed by atoms with van der Waals surface area (Å²) in [6, 6.07) is 8.17. The molecule has 1 fully saturated rings. The van der Waals surface area contributed by atoms with E-state index in [0.29, 0.717) is 6.42 Å². The third kappa shape index (κ3) is 4.24. The van der Waals surface area contributed by atoms with Crippen LogP contribution in [0.25, 0.3) is 0 Å². The molecule has 2 unspecified atom stereocenters. The van der Waals surface area contributed by atoms with Crippen molar-refractivity contribution in [1.29, 1.82) is 0 Å². The lowest BCUT2D eigenvalue weighted by Crippen LogP contribution is -2.41. The van der Waals surface area contributed by atoms with Crippen LogP contribution in [0.5, 0.6) is 0 Å². The van der Waals surface area contributed by atoms with Crippen molar-refractivity contribution >= 4 is 17.5 Å². The van der Waals surface area contributed by atoms with Crippen molar-refractivity contribution in [3.8, 4) is 0 Å². The van der Waals surface area contributed by atoms with E-state index in [0.717, 1.165) is 18.4 Å². The minimum Gasteiger partial charge on any atom is -0.352 e. The van der Waals surface area contributed by atoms with Crippen LogP contribution in [-0.4, -0.2) is 17.3 Å². The maximum atomic E-state index is 12.1. The highest BCUT2D eigenvalue weighted by Gasteiger charge is 2.23. The molecule has 1 saturated carbocycles. The number of hydrogen-bond acceptors (Lipinski definition) is 1. The molecule has 3 heteroatoms. The molecule has 0 spiro atoms. The lowest BCUT2D eigenvalue weighted by Gasteiger charge is -2.21. The van der Waals surface area contributed by atoms with E-state index in [1.807, 2.05) is 31.2 Å². The van der Waals surface area contributed by atoms with E-state index in [9.17, 15) is 4.79 Å². The number of benzene rings is 1. The Balaban J connectivity index is 1.92. The molecule has 1 aliphatic rings. The van der Waals surface area contributed by atoms with Gasteiger partial charge in [-0.15, -0.1) is 11.6 Å². The minimum atomic E-state index is 0.0864. The van der Waals surface area contributed by atoms with Crippen LogP contribution in [0.2, 0.25) is 0 Å². The second-order valence-corrected chi connectivity index (χ2v) is 5.99. The van der Waals surface area contributed by atoms with Crippen molar-refractivity contribution in [2.75, 3.05) is 0 Å². The average Bonchev–Trinajstić information content (AvgIpc) is 2.58. The number of halogens is 1. The molecule has 2 rings (SSSR count). The highest BCUT2D eigenvalue weighted by Crippen LogP contribution is 2.22. The Morgan fingerprint density at radius 1 is 1.26 bits per heavy atom. The molecule has 0 radical (unpaired) electrons. The second-order valence-electron chi connectivity index (χ2n) is 5.43. The van der Waals surface area contributed by atoms with E-state index in [1.165, 1.54) is 24.8 Å². The number of amides is 1. The lowest BCUT2D eigenvalue weighted by atomic mass is 10.0. The van der Waals surface area contributed by atoms with Gasteiger partial charge in [0.2, 0.25) is 5.91 Å². The van der Waals surface area contributed by atoms with Gasteiger partial charge >= 0.3 is 0 Å². The summed E-state index contributed by atoms with van der Waals surface area (Å²) in [5, 5.41) is 3.20. The summed E-state index contributed by atoms with van der Waals surface area (Å²) in [5.74, 6) is 0.0897. The molecule has 1 N–H and O–H groups in total. The quantitative estimate of drug-likeness (QED) is 0.665. The average molecular weight is 280 g/mol. The van der Waals surface area contributed by atoms with Crippen LogP contribution in [0.15, 0.2) is 24.3 Å². The van der Waals surface area contributed by atoms with E-state index >= 15 is 0 Å². The van der Waals surface area contributed by atoms with Gasteiger partial charge in [-0.2, -0.15) is 0 Å². The van der Waals surface area contributed by atoms with Crippen molar-refractivity contribution in [2.45, 2.75) is 56.9 Å². The molecule has 0 aliphatic heterocycles. The summed E-state index contributed by atoms with van der Waals surface area (Å²) in [5.41, 5.74) is 2.26. The van der Waals surface area contributed by atoms with Crippen molar-refractivity contribution in [2.24, 2.45) is 0 Å². The van der Waals surface area contributed by atoms with Crippen LogP contribution in [0.3, 0.4) is 0 Å². The molecule has 0 saturated heterocycles. The zero-order valence-electron chi connectivity index (χ0n) is 11.5. The largest absolute Gasteiger partial charge is 0.352 e. The Kier molecular flexibility index (Phi) is 5.26. The van der Waals surface area contributed by atoms with Crippen molar-refractivity contribution in [3.63, 3.8) is 0 Å².